The lowest BCUT2D eigenvalue weighted by Crippen LogP contribution is -2.09. The van der Waals surface area contributed by atoms with Crippen LogP contribution in [0.15, 0.2) is 48.6 Å². The molecule has 2 aliphatic rings. The Labute approximate surface area is 87.1 Å². The average Bonchev–Trinajstić information content (AvgIpc) is 2.94. The topological polar surface area (TPSA) is 20.2 Å². The molecule has 0 amide bonds. The SMILES string of the molecule is Oc1ccc(C23C=CC=CC2S3)cc1. The molecule has 0 aromatic heterocycles. The fraction of sp³-hybridized carbons (Fsp3) is 0.167. The molecule has 3 rings (SSSR count). The lowest BCUT2D eigenvalue weighted by atomic mass is 9.92. The molecule has 1 aliphatic carbocycles. The van der Waals surface area contributed by atoms with Crippen molar-refractivity contribution in [3.05, 3.63) is 54.1 Å². The van der Waals surface area contributed by atoms with E-state index in [1.807, 2.05) is 23.9 Å². The van der Waals surface area contributed by atoms with E-state index in [0.29, 0.717) is 11.0 Å². The van der Waals surface area contributed by atoms with Crippen molar-refractivity contribution < 1.29 is 5.11 Å². The summed E-state index contributed by atoms with van der Waals surface area (Å²) in [6, 6.07) is 7.52. The molecular weight excluding hydrogens is 192 g/mol. The third kappa shape index (κ3) is 1.04. The lowest BCUT2D eigenvalue weighted by molar-refractivity contribution is 0.475. The van der Waals surface area contributed by atoms with Gasteiger partial charge in [-0.15, -0.1) is 11.8 Å². The minimum atomic E-state index is 0.169. The van der Waals surface area contributed by atoms with Crippen LogP contribution >= 0.6 is 11.8 Å². The number of allylic oxidation sites excluding steroid dienone is 2. The van der Waals surface area contributed by atoms with Crippen molar-refractivity contribution in [2.24, 2.45) is 0 Å². The summed E-state index contributed by atoms with van der Waals surface area (Å²) in [5, 5.41) is 9.81. The van der Waals surface area contributed by atoms with Gasteiger partial charge < -0.3 is 5.11 Å². The van der Waals surface area contributed by atoms with Crippen molar-refractivity contribution in [1.29, 1.82) is 0 Å². The molecule has 2 heteroatoms. The molecule has 0 radical (unpaired) electrons. The van der Waals surface area contributed by atoms with Gasteiger partial charge in [0.05, 0.1) is 4.75 Å². The Bertz CT molecular complexity index is 418. The molecule has 2 atom stereocenters. The molecule has 1 N–H and O–H groups in total. The van der Waals surface area contributed by atoms with E-state index in [9.17, 15) is 5.11 Å². The number of phenols is 1. The van der Waals surface area contributed by atoms with Gasteiger partial charge in [0.1, 0.15) is 5.75 Å². The summed E-state index contributed by atoms with van der Waals surface area (Å²) in [5.41, 5.74) is 1.28. The van der Waals surface area contributed by atoms with Gasteiger partial charge in [0, 0.05) is 5.25 Å². The third-order valence-corrected chi connectivity index (χ3v) is 4.29. The Kier molecular flexibility index (Phi) is 1.56. The number of phenolic OH excluding ortho intramolecular Hbond substituents is 1. The first kappa shape index (κ1) is 8.18. The highest BCUT2D eigenvalue weighted by molar-refractivity contribution is 8.08. The van der Waals surface area contributed by atoms with Gasteiger partial charge in [-0.05, 0) is 17.7 Å². The predicted molar refractivity (Wildman–Crippen MR) is 59.4 cm³/mol. The first-order chi connectivity index (χ1) is 6.81. The summed E-state index contributed by atoms with van der Waals surface area (Å²) in [4.78, 5) is 0. The molecule has 1 aromatic rings. The van der Waals surface area contributed by atoms with E-state index in [0.717, 1.165) is 0 Å². The van der Waals surface area contributed by atoms with Crippen LogP contribution in [-0.2, 0) is 4.75 Å². The quantitative estimate of drug-likeness (QED) is 0.707. The van der Waals surface area contributed by atoms with Crippen molar-refractivity contribution in [1.82, 2.24) is 0 Å². The van der Waals surface area contributed by atoms with E-state index in [1.165, 1.54) is 5.56 Å². The first-order valence-corrected chi connectivity index (χ1v) is 5.53. The van der Waals surface area contributed by atoms with Crippen LogP contribution in [0, 0.1) is 0 Å². The summed E-state index contributed by atoms with van der Waals surface area (Å²) >= 11 is 1.95. The normalized spacial score (nSPS) is 32.7. The van der Waals surface area contributed by atoms with E-state index >= 15 is 0 Å². The fourth-order valence-electron chi connectivity index (χ4n) is 1.91. The molecular formula is C12H10OS. The Morgan fingerprint density at radius 1 is 1.14 bits per heavy atom. The molecule has 0 saturated carbocycles. The highest BCUT2D eigenvalue weighted by atomic mass is 32.2. The Morgan fingerprint density at radius 2 is 1.93 bits per heavy atom. The molecule has 0 spiro atoms. The molecule has 70 valence electrons. The molecule has 1 aromatic carbocycles. The van der Waals surface area contributed by atoms with E-state index in [2.05, 4.69) is 24.3 Å². The van der Waals surface area contributed by atoms with E-state index < -0.39 is 0 Å². The minimum absolute atomic E-state index is 0.169. The van der Waals surface area contributed by atoms with Crippen molar-refractivity contribution >= 4 is 11.8 Å². The molecule has 1 fully saturated rings. The van der Waals surface area contributed by atoms with Gasteiger partial charge in [-0.2, -0.15) is 0 Å². The zero-order chi connectivity index (χ0) is 9.60. The minimum Gasteiger partial charge on any atom is -0.508 e. The Hall–Kier alpha value is -1.15. The maximum absolute atomic E-state index is 9.21. The Morgan fingerprint density at radius 3 is 2.64 bits per heavy atom. The summed E-state index contributed by atoms with van der Waals surface area (Å²) < 4.78 is 0.169. The predicted octanol–water partition coefficient (Wildman–Crippen LogP) is 2.83. The monoisotopic (exact) mass is 202 g/mol. The van der Waals surface area contributed by atoms with E-state index in [1.54, 1.807) is 12.1 Å². The zero-order valence-electron chi connectivity index (χ0n) is 7.55. The molecule has 1 nitrogen and oxygen atoms in total. The second kappa shape index (κ2) is 2.67. The lowest BCUT2D eigenvalue weighted by Gasteiger charge is -2.11. The van der Waals surface area contributed by atoms with Gasteiger partial charge in [0.25, 0.3) is 0 Å². The van der Waals surface area contributed by atoms with Gasteiger partial charge in [0.15, 0.2) is 0 Å². The van der Waals surface area contributed by atoms with Crippen LogP contribution in [0.1, 0.15) is 5.56 Å². The average molecular weight is 202 g/mol. The van der Waals surface area contributed by atoms with E-state index in [4.69, 9.17) is 0 Å². The number of fused-ring (bicyclic) bond motifs is 1. The summed E-state index contributed by atoms with van der Waals surface area (Å²) in [6.45, 7) is 0. The highest BCUT2D eigenvalue weighted by Crippen LogP contribution is 2.63. The number of benzene rings is 1. The van der Waals surface area contributed by atoms with Crippen LogP contribution in [-0.4, -0.2) is 10.4 Å². The van der Waals surface area contributed by atoms with Crippen LogP contribution in [0.5, 0.6) is 5.75 Å². The zero-order valence-corrected chi connectivity index (χ0v) is 8.37. The molecule has 1 aliphatic heterocycles. The second-order valence-electron chi connectivity index (χ2n) is 3.62. The molecule has 1 saturated heterocycles. The largest absolute Gasteiger partial charge is 0.508 e. The first-order valence-electron chi connectivity index (χ1n) is 4.65. The van der Waals surface area contributed by atoms with Crippen LogP contribution in [0.2, 0.25) is 0 Å². The molecule has 14 heavy (non-hydrogen) atoms. The van der Waals surface area contributed by atoms with Gasteiger partial charge in [-0.3, -0.25) is 0 Å². The third-order valence-electron chi connectivity index (χ3n) is 2.75. The summed E-state index contributed by atoms with van der Waals surface area (Å²) in [5.74, 6) is 0.336. The molecule has 1 heterocycles. The Balaban J connectivity index is 2.01. The van der Waals surface area contributed by atoms with Gasteiger partial charge in [-0.1, -0.05) is 36.4 Å². The maximum atomic E-state index is 9.21. The smallest absolute Gasteiger partial charge is 0.115 e. The van der Waals surface area contributed by atoms with Crippen molar-refractivity contribution in [3.8, 4) is 5.75 Å². The molecule has 0 bridgehead atoms. The van der Waals surface area contributed by atoms with Crippen LogP contribution in [0.4, 0.5) is 0 Å². The number of hydrogen-bond acceptors (Lipinski definition) is 2. The number of hydrogen-bond donors (Lipinski definition) is 1. The van der Waals surface area contributed by atoms with Gasteiger partial charge in [0.2, 0.25) is 0 Å². The molecule has 2 unspecified atom stereocenters. The van der Waals surface area contributed by atoms with Crippen LogP contribution in [0.25, 0.3) is 0 Å². The fourth-order valence-corrected chi connectivity index (χ4v) is 3.15. The van der Waals surface area contributed by atoms with Crippen molar-refractivity contribution in [3.63, 3.8) is 0 Å². The summed E-state index contributed by atoms with van der Waals surface area (Å²) in [6.07, 6.45) is 8.68. The van der Waals surface area contributed by atoms with Crippen LogP contribution in [0.3, 0.4) is 0 Å². The maximum Gasteiger partial charge on any atom is 0.115 e. The standard InChI is InChI=1S/C12H10OS/c13-10-6-4-9(5-7-10)12-8-2-1-3-11(12)14-12/h1-8,11,13H. The van der Waals surface area contributed by atoms with Gasteiger partial charge >= 0.3 is 0 Å². The van der Waals surface area contributed by atoms with E-state index in [-0.39, 0.29) is 4.75 Å². The highest BCUT2D eigenvalue weighted by Gasteiger charge is 2.53. The number of thioether (sulfide) groups is 1. The van der Waals surface area contributed by atoms with Crippen molar-refractivity contribution in [2.75, 3.05) is 0 Å². The second-order valence-corrected chi connectivity index (χ2v) is 5.04. The number of aromatic hydroxyl groups is 1. The van der Waals surface area contributed by atoms with Crippen LogP contribution < -0.4 is 0 Å². The van der Waals surface area contributed by atoms with Gasteiger partial charge in [-0.25, -0.2) is 0 Å². The number of rotatable bonds is 1. The van der Waals surface area contributed by atoms with Crippen molar-refractivity contribution in [2.45, 2.75) is 10.00 Å². The summed E-state index contributed by atoms with van der Waals surface area (Å²) in [7, 11) is 0.